The van der Waals surface area contributed by atoms with Crippen LogP contribution in [0.5, 0.6) is 0 Å². The predicted molar refractivity (Wildman–Crippen MR) is 129 cm³/mol. The lowest BCUT2D eigenvalue weighted by atomic mass is 10.1. The van der Waals surface area contributed by atoms with Gasteiger partial charge in [-0.2, -0.15) is 0 Å². The fourth-order valence-corrected chi connectivity index (χ4v) is 7.15. The minimum atomic E-state index is 0.516. The van der Waals surface area contributed by atoms with Crippen LogP contribution in [0.15, 0.2) is 33.1 Å². The Bertz CT molecular complexity index is 1190. The van der Waals surface area contributed by atoms with Gasteiger partial charge in [-0.3, -0.25) is 10.00 Å². The Morgan fingerprint density at radius 2 is 2.00 bits per heavy atom. The standard InChI is InChI=1S/C22H24N6OS3/c1-2-5-14(4-1)19-25-22(27-26-19)32-21-18-15(16-6-3-11-30-16)13-31-20(18)23-17(24-21)12-28-7-9-29-10-8-28/h3,6,11,13-14H,1-2,4-5,7-10,12H2,(H,25,26,27). The largest absolute Gasteiger partial charge is 0.379 e. The summed E-state index contributed by atoms with van der Waals surface area (Å²) in [5.74, 6) is 2.39. The second kappa shape index (κ2) is 9.18. The number of aromatic nitrogens is 5. The average molecular weight is 485 g/mol. The van der Waals surface area contributed by atoms with Gasteiger partial charge < -0.3 is 4.74 Å². The first-order chi connectivity index (χ1) is 15.8. The van der Waals surface area contributed by atoms with E-state index >= 15 is 0 Å². The summed E-state index contributed by atoms with van der Waals surface area (Å²) in [6.07, 6.45) is 4.97. The first-order valence-corrected chi connectivity index (χ1v) is 13.6. The molecule has 1 N–H and O–H groups in total. The van der Waals surface area contributed by atoms with Crippen LogP contribution in [0.2, 0.25) is 0 Å². The molecule has 6 rings (SSSR count). The van der Waals surface area contributed by atoms with Gasteiger partial charge in [-0.05, 0) is 36.0 Å². The van der Waals surface area contributed by atoms with Gasteiger partial charge in [0.25, 0.3) is 0 Å². The summed E-state index contributed by atoms with van der Waals surface area (Å²) < 4.78 is 5.50. The molecule has 0 bridgehead atoms. The number of thiophene rings is 2. The molecule has 1 saturated carbocycles. The number of ether oxygens (including phenoxy) is 1. The van der Waals surface area contributed by atoms with E-state index in [4.69, 9.17) is 19.7 Å². The van der Waals surface area contributed by atoms with Crippen molar-refractivity contribution in [3.63, 3.8) is 0 Å². The Labute approximate surface area is 198 Å². The van der Waals surface area contributed by atoms with Crippen molar-refractivity contribution in [1.82, 2.24) is 30.0 Å². The summed E-state index contributed by atoms with van der Waals surface area (Å²) >= 11 is 4.99. The second-order valence-corrected chi connectivity index (χ2v) is 11.0. The molecule has 0 amide bonds. The smallest absolute Gasteiger partial charge is 0.214 e. The minimum Gasteiger partial charge on any atom is -0.379 e. The highest BCUT2D eigenvalue weighted by Gasteiger charge is 2.23. The Balaban J connectivity index is 1.37. The maximum atomic E-state index is 5.50. The fraction of sp³-hybridized carbons (Fsp3) is 0.455. The van der Waals surface area contributed by atoms with Crippen LogP contribution in [-0.2, 0) is 11.3 Å². The molecule has 4 aromatic rings. The molecule has 2 aliphatic rings. The second-order valence-electron chi connectivity index (χ2n) is 8.23. The number of H-pyrrole nitrogens is 1. The summed E-state index contributed by atoms with van der Waals surface area (Å²) in [6, 6.07) is 4.25. The molecular formula is C22H24N6OS3. The normalized spacial score (nSPS) is 18.1. The van der Waals surface area contributed by atoms with Crippen LogP contribution in [0.3, 0.4) is 0 Å². The van der Waals surface area contributed by atoms with Crippen LogP contribution < -0.4 is 0 Å². The van der Waals surface area contributed by atoms with Crippen LogP contribution in [0.1, 0.15) is 43.3 Å². The maximum Gasteiger partial charge on any atom is 0.214 e. The van der Waals surface area contributed by atoms with Gasteiger partial charge >= 0.3 is 0 Å². The molecule has 0 unspecified atom stereocenters. The molecule has 1 aliphatic carbocycles. The van der Waals surface area contributed by atoms with Crippen molar-refractivity contribution in [3.8, 4) is 10.4 Å². The number of hydrogen-bond donors (Lipinski definition) is 1. The number of hydrogen-bond acceptors (Lipinski definition) is 9. The Kier molecular flexibility index (Phi) is 5.95. The van der Waals surface area contributed by atoms with Crippen molar-refractivity contribution in [2.45, 2.75) is 48.3 Å². The van der Waals surface area contributed by atoms with Crippen molar-refractivity contribution >= 4 is 44.7 Å². The van der Waals surface area contributed by atoms with Crippen LogP contribution in [0.25, 0.3) is 20.7 Å². The number of rotatable bonds is 6. The molecular weight excluding hydrogens is 460 g/mol. The third-order valence-electron chi connectivity index (χ3n) is 6.11. The first kappa shape index (κ1) is 20.7. The third-order valence-corrected chi connectivity index (χ3v) is 8.74. The van der Waals surface area contributed by atoms with Gasteiger partial charge in [-0.1, -0.05) is 18.9 Å². The van der Waals surface area contributed by atoms with Gasteiger partial charge in [0, 0.05) is 34.8 Å². The zero-order valence-corrected chi connectivity index (χ0v) is 20.1. The van der Waals surface area contributed by atoms with E-state index in [1.54, 1.807) is 34.4 Å². The molecule has 10 heteroatoms. The molecule has 166 valence electrons. The van der Waals surface area contributed by atoms with Gasteiger partial charge in [0.1, 0.15) is 21.5 Å². The van der Waals surface area contributed by atoms with Crippen molar-refractivity contribution < 1.29 is 4.74 Å². The van der Waals surface area contributed by atoms with E-state index < -0.39 is 0 Å². The van der Waals surface area contributed by atoms with Crippen LogP contribution in [0, 0.1) is 0 Å². The zero-order valence-electron chi connectivity index (χ0n) is 17.6. The quantitative estimate of drug-likeness (QED) is 0.378. The number of aromatic amines is 1. The highest BCUT2D eigenvalue weighted by Crippen LogP contribution is 2.41. The molecule has 0 spiro atoms. The molecule has 7 nitrogen and oxygen atoms in total. The summed E-state index contributed by atoms with van der Waals surface area (Å²) in [5.41, 5.74) is 1.20. The highest BCUT2D eigenvalue weighted by molar-refractivity contribution is 7.99. The van der Waals surface area contributed by atoms with Crippen molar-refractivity contribution in [1.29, 1.82) is 0 Å². The molecule has 2 fully saturated rings. The SMILES string of the molecule is c1csc(-c2csc3nc(CN4CCOCC4)nc(Sc4n[nH]c(C5CCCC5)n4)c23)c1. The van der Waals surface area contributed by atoms with Gasteiger partial charge in [-0.15, -0.1) is 27.8 Å². The molecule has 1 aliphatic heterocycles. The van der Waals surface area contributed by atoms with Gasteiger partial charge in [0.2, 0.25) is 5.16 Å². The van der Waals surface area contributed by atoms with E-state index in [-0.39, 0.29) is 0 Å². The molecule has 0 atom stereocenters. The highest BCUT2D eigenvalue weighted by atomic mass is 32.2. The molecule has 4 aromatic heterocycles. The summed E-state index contributed by atoms with van der Waals surface area (Å²) in [5, 5.41) is 14.8. The number of nitrogens with zero attached hydrogens (tertiary/aromatic N) is 5. The van der Waals surface area contributed by atoms with Crippen molar-refractivity contribution in [2.75, 3.05) is 26.3 Å². The van der Waals surface area contributed by atoms with Crippen molar-refractivity contribution in [3.05, 3.63) is 34.5 Å². The first-order valence-electron chi connectivity index (χ1n) is 11.1. The summed E-state index contributed by atoms with van der Waals surface area (Å²) in [7, 11) is 0. The third kappa shape index (κ3) is 4.22. The zero-order chi connectivity index (χ0) is 21.3. The molecule has 0 aromatic carbocycles. The molecule has 32 heavy (non-hydrogen) atoms. The monoisotopic (exact) mass is 484 g/mol. The molecule has 1 saturated heterocycles. The van der Waals surface area contributed by atoms with E-state index in [1.165, 1.54) is 36.1 Å². The van der Waals surface area contributed by atoms with E-state index in [0.29, 0.717) is 5.92 Å². The Morgan fingerprint density at radius 3 is 2.81 bits per heavy atom. The minimum absolute atomic E-state index is 0.516. The lowest BCUT2D eigenvalue weighted by Crippen LogP contribution is -2.36. The topological polar surface area (TPSA) is 79.8 Å². The number of morpholine rings is 1. The van der Waals surface area contributed by atoms with Gasteiger partial charge in [-0.25, -0.2) is 15.0 Å². The summed E-state index contributed by atoms with van der Waals surface area (Å²) in [6.45, 7) is 4.11. The number of fused-ring (bicyclic) bond motifs is 1. The van der Waals surface area contributed by atoms with Gasteiger partial charge in [0.15, 0.2) is 0 Å². The van der Waals surface area contributed by atoms with E-state index in [1.807, 2.05) is 0 Å². The number of nitrogens with one attached hydrogen (secondary N) is 1. The fourth-order valence-electron chi connectivity index (χ4n) is 4.44. The van der Waals surface area contributed by atoms with Crippen molar-refractivity contribution in [2.24, 2.45) is 0 Å². The average Bonchev–Trinajstić information content (AvgIpc) is 3.61. The summed E-state index contributed by atoms with van der Waals surface area (Å²) in [4.78, 5) is 19.4. The van der Waals surface area contributed by atoms with Crippen LogP contribution in [0.4, 0.5) is 0 Å². The lowest BCUT2D eigenvalue weighted by molar-refractivity contribution is 0.0330. The Morgan fingerprint density at radius 1 is 1.12 bits per heavy atom. The van der Waals surface area contributed by atoms with E-state index in [2.05, 4.69) is 38.0 Å². The van der Waals surface area contributed by atoms with Crippen LogP contribution in [-0.4, -0.2) is 56.4 Å². The van der Waals surface area contributed by atoms with E-state index in [0.717, 1.165) is 64.9 Å². The maximum absolute atomic E-state index is 5.50. The predicted octanol–water partition coefficient (Wildman–Crippen LogP) is 5.18. The lowest BCUT2D eigenvalue weighted by Gasteiger charge is -2.25. The molecule has 5 heterocycles. The molecule has 0 radical (unpaired) electrons. The van der Waals surface area contributed by atoms with E-state index in [9.17, 15) is 0 Å². The Hall–Kier alpha value is -1.85. The van der Waals surface area contributed by atoms with Crippen LogP contribution >= 0.6 is 34.4 Å². The van der Waals surface area contributed by atoms with Gasteiger partial charge in [0.05, 0.1) is 25.1 Å².